The first-order valence-electron chi connectivity index (χ1n) is 7.74. The molecule has 1 aromatic heterocycles. The van der Waals surface area contributed by atoms with E-state index in [-0.39, 0.29) is 24.6 Å². The van der Waals surface area contributed by atoms with Crippen molar-refractivity contribution in [3.05, 3.63) is 82.8 Å². The molecule has 5 nitrogen and oxygen atoms in total. The Balaban J connectivity index is 1.67. The Kier molecular flexibility index (Phi) is 4.72. The van der Waals surface area contributed by atoms with E-state index in [9.17, 15) is 14.7 Å². The lowest BCUT2D eigenvalue weighted by Crippen LogP contribution is -2.36. The van der Waals surface area contributed by atoms with Crippen molar-refractivity contribution in [2.45, 2.75) is 12.6 Å². The van der Waals surface area contributed by atoms with Crippen LogP contribution in [0.25, 0.3) is 10.8 Å². The molecule has 0 radical (unpaired) electrons. The molecule has 0 fully saturated rings. The van der Waals surface area contributed by atoms with Crippen LogP contribution < -0.4 is 10.9 Å². The van der Waals surface area contributed by atoms with Crippen LogP contribution in [0.2, 0.25) is 0 Å². The van der Waals surface area contributed by atoms with Crippen LogP contribution in [0, 0.1) is 0 Å². The SMILES string of the molecule is O=C(NCC(O)Cn1ccccc1=O)c1cccc2ccccc12. The summed E-state index contributed by atoms with van der Waals surface area (Å²) in [4.78, 5) is 24.0. The monoisotopic (exact) mass is 322 g/mol. The van der Waals surface area contributed by atoms with Crippen molar-refractivity contribution in [1.29, 1.82) is 0 Å². The van der Waals surface area contributed by atoms with Gasteiger partial charge in [-0.15, -0.1) is 0 Å². The molecule has 2 N–H and O–H groups in total. The number of aromatic nitrogens is 1. The van der Waals surface area contributed by atoms with E-state index in [1.165, 1.54) is 10.6 Å². The largest absolute Gasteiger partial charge is 0.389 e. The average molecular weight is 322 g/mol. The number of amides is 1. The van der Waals surface area contributed by atoms with Gasteiger partial charge in [-0.2, -0.15) is 0 Å². The molecule has 2 aromatic carbocycles. The molecule has 1 atom stereocenters. The second-order valence-electron chi connectivity index (χ2n) is 5.58. The summed E-state index contributed by atoms with van der Waals surface area (Å²) in [6.07, 6.45) is 0.766. The van der Waals surface area contributed by atoms with E-state index >= 15 is 0 Å². The average Bonchev–Trinajstić information content (AvgIpc) is 2.61. The zero-order chi connectivity index (χ0) is 16.9. The fourth-order valence-corrected chi connectivity index (χ4v) is 2.63. The molecule has 1 heterocycles. The zero-order valence-electron chi connectivity index (χ0n) is 13.1. The van der Waals surface area contributed by atoms with Gasteiger partial charge in [-0.25, -0.2) is 0 Å². The van der Waals surface area contributed by atoms with Gasteiger partial charge in [-0.05, 0) is 22.9 Å². The standard InChI is InChI=1S/C19H18N2O3/c22-15(13-21-11-4-3-10-18(21)23)12-20-19(24)17-9-5-7-14-6-1-2-8-16(14)17/h1-11,15,22H,12-13H2,(H,20,24). The van der Waals surface area contributed by atoms with Crippen LogP contribution in [0.4, 0.5) is 0 Å². The number of aliphatic hydroxyl groups is 1. The van der Waals surface area contributed by atoms with Crippen molar-refractivity contribution < 1.29 is 9.90 Å². The maximum atomic E-state index is 12.4. The van der Waals surface area contributed by atoms with Crippen LogP contribution in [-0.2, 0) is 6.54 Å². The van der Waals surface area contributed by atoms with Crippen molar-refractivity contribution in [2.24, 2.45) is 0 Å². The predicted octanol–water partition coefficient (Wildman–Crippen LogP) is 1.79. The molecule has 0 spiro atoms. The molecule has 3 rings (SSSR count). The maximum Gasteiger partial charge on any atom is 0.252 e. The number of rotatable bonds is 5. The molecule has 0 aliphatic rings. The highest BCUT2D eigenvalue weighted by atomic mass is 16.3. The highest BCUT2D eigenvalue weighted by molar-refractivity contribution is 6.06. The van der Waals surface area contributed by atoms with Crippen LogP contribution in [0.3, 0.4) is 0 Å². The van der Waals surface area contributed by atoms with Crippen LogP contribution >= 0.6 is 0 Å². The number of carbonyl (C=O) groups excluding carboxylic acids is 1. The van der Waals surface area contributed by atoms with Crippen LogP contribution in [0.15, 0.2) is 71.7 Å². The van der Waals surface area contributed by atoms with Gasteiger partial charge >= 0.3 is 0 Å². The lowest BCUT2D eigenvalue weighted by molar-refractivity contribution is 0.0905. The van der Waals surface area contributed by atoms with E-state index < -0.39 is 6.10 Å². The number of pyridine rings is 1. The molecule has 5 heteroatoms. The fourth-order valence-electron chi connectivity index (χ4n) is 2.63. The van der Waals surface area contributed by atoms with Gasteiger partial charge in [-0.3, -0.25) is 9.59 Å². The van der Waals surface area contributed by atoms with Crippen molar-refractivity contribution in [2.75, 3.05) is 6.54 Å². The van der Waals surface area contributed by atoms with E-state index in [0.29, 0.717) is 5.56 Å². The third kappa shape index (κ3) is 3.52. The summed E-state index contributed by atoms with van der Waals surface area (Å²) in [5.74, 6) is -0.244. The third-order valence-corrected chi connectivity index (χ3v) is 3.84. The molecule has 1 unspecified atom stereocenters. The number of nitrogens with zero attached hydrogens (tertiary/aromatic N) is 1. The summed E-state index contributed by atoms with van der Waals surface area (Å²) < 4.78 is 1.41. The van der Waals surface area contributed by atoms with E-state index in [2.05, 4.69) is 5.32 Å². The first kappa shape index (κ1) is 16.0. The van der Waals surface area contributed by atoms with Crippen LogP contribution in [0.1, 0.15) is 10.4 Å². The Morgan fingerprint density at radius 3 is 2.62 bits per heavy atom. The fraction of sp³-hybridized carbons (Fsp3) is 0.158. The predicted molar refractivity (Wildman–Crippen MR) is 93.0 cm³/mol. The molecule has 0 saturated heterocycles. The minimum absolute atomic E-state index is 0.0728. The Hall–Kier alpha value is -2.92. The highest BCUT2D eigenvalue weighted by Crippen LogP contribution is 2.18. The number of fused-ring (bicyclic) bond motifs is 1. The highest BCUT2D eigenvalue weighted by Gasteiger charge is 2.12. The molecule has 0 aliphatic heterocycles. The summed E-state index contributed by atoms with van der Waals surface area (Å²) in [5, 5.41) is 14.6. The number of nitrogens with one attached hydrogen (secondary N) is 1. The molecular formula is C19H18N2O3. The van der Waals surface area contributed by atoms with Crippen LogP contribution in [0.5, 0.6) is 0 Å². The lowest BCUT2D eigenvalue weighted by Gasteiger charge is -2.14. The summed E-state index contributed by atoms with van der Waals surface area (Å²) >= 11 is 0. The van der Waals surface area contributed by atoms with Gasteiger partial charge in [-0.1, -0.05) is 42.5 Å². The molecule has 24 heavy (non-hydrogen) atoms. The van der Waals surface area contributed by atoms with Gasteiger partial charge in [0.1, 0.15) is 0 Å². The quantitative estimate of drug-likeness (QED) is 0.752. The lowest BCUT2D eigenvalue weighted by atomic mass is 10.0. The van der Waals surface area contributed by atoms with Crippen molar-refractivity contribution >= 4 is 16.7 Å². The second kappa shape index (κ2) is 7.10. The normalized spacial score (nSPS) is 12.0. The van der Waals surface area contributed by atoms with Gasteiger partial charge in [0, 0.05) is 24.4 Å². The summed E-state index contributed by atoms with van der Waals surface area (Å²) in [6, 6.07) is 18.0. The Labute approximate surface area is 139 Å². The number of benzene rings is 2. The third-order valence-electron chi connectivity index (χ3n) is 3.84. The van der Waals surface area contributed by atoms with Crippen LogP contribution in [-0.4, -0.2) is 28.2 Å². The smallest absolute Gasteiger partial charge is 0.252 e. The molecule has 3 aromatic rings. The van der Waals surface area contributed by atoms with Gasteiger partial charge < -0.3 is 15.0 Å². The van der Waals surface area contributed by atoms with Crippen molar-refractivity contribution in [1.82, 2.24) is 9.88 Å². The molecule has 0 bridgehead atoms. The molecule has 122 valence electrons. The van der Waals surface area contributed by atoms with Gasteiger partial charge in [0.25, 0.3) is 11.5 Å². The number of carbonyl (C=O) groups is 1. The van der Waals surface area contributed by atoms with E-state index in [1.54, 1.807) is 24.4 Å². The number of aliphatic hydroxyl groups excluding tert-OH is 1. The minimum Gasteiger partial charge on any atom is -0.389 e. The van der Waals surface area contributed by atoms with E-state index in [4.69, 9.17) is 0 Å². The van der Waals surface area contributed by atoms with Crippen molar-refractivity contribution in [3.63, 3.8) is 0 Å². The molecule has 0 aliphatic carbocycles. The topological polar surface area (TPSA) is 71.3 Å². The van der Waals surface area contributed by atoms with E-state index in [1.807, 2.05) is 36.4 Å². The van der Waals surface area contributed by atoms with Crippen molar-refractivity contribution in [3.8, 4) is 0 Å². The number of hydrogen-bond acceptors (Lipinski definition) is 3. The zero-order valence-corrected chi connectivity index (χ0v) is 13.1. The summed E-state index contributed by atoms with van der Waals surface area (Å²) in [6.45, 7) is 0.207. The summed E-state index contributed by atoms with van der Waals surface area (Å²) in [7, 11) is 0. The minimum atomic E-state index is -0.843. The Morgan fingerprint density at radius 2 is 1.79 bits per heavy atom. The Bertz CT molecular complexity index is 912. The second-order valence-corrected chi connectivity index (χ2v) is 5.58. The number of hydrogen-bond donors (Lipinski definition) is 2. The summed E-state index contributed by atoms with van der Waals surface area (Å²) in [5.41, 5.74) is 0.383. The molecular weight excluding hydrogens is 304 g/mol. The maximum absolute atomic E-state index is 12.4. The Morgan fingerprint density at radius 1 is 1.04 bits per heavy atom. The molecule has 0 saturated carbocycles. The van der Waals surface area contributed by atoms with Gasteiger partial charge in [0.15, 0.2) is 0 Å². The first-order chi connectivity index (χ1) is 11.6. The molecule has 1 amide bonds. The van der Waals surface area contributed by atoms with E-state index in [0.717, 1.165) is 10.8 Å². The first-order valence-corrected chi connectivity index (χ1v) is 7.74. The van der Waals surface area contributed by atoms with Gasteiger partial charge in [0.2, 0.25) is 0 Å². The van der Waals surface area contributed by atoms with Gasteiger partial charge in [0.05, 0.1) is 12.6 Å².